The van der Waals surface area contributed by atoms with E-state index in [-0.39, 0.29) is 0 Å². The van der Waals surface area contributed by atoms with Gasteiger partial charge in [-0.15, -0.1) is 0 Å². The van der Waals surface area contributed by atoms with Crippen molar-refractivity contribution in [2.75, 3.05) is 0 Å². The van der Waals surface area contributed by atoms with Crippen LogP contribution in [0.4, 0.5) is 0 Å². The Balaban J connectivity index is 1.85. The fourth-order valence-corrected chi connectivity index (χ4v) is 10.3. The minimum absolute atomic E-state index is 1.29. The summed E-state index contributed by atoms with van der Waals surface area (Å²) in [4.78, 5) is 4.98. The summed E-state index contributed by atoms with van der Waals surface area (Å²) >= 11 is -2.77. The zero-order valence-corrected chi connectivity index (χ0v) is 21.1. The van der Waals surface area contributed by atoms with Crippen molar-refractivity contribution in [3.05, 3.63) is 152 Å². The van der Waals surface area contributed by atoms with Crippen LogP contribution in [0.25, 0.3) is 11.1 Å². The fraction of sp³-hybridized carbons (Fsp3) is 0.0667. The summed E-state index contributed by atoms with van der Waals surface area (Å²) in [5.74, 6) is 0. The molecule has 0 saturated carbocycles. The SMILES string of the molecule is [CH3][Sn]([CH3])([CH]=C(c1ccccc1)c1ccccc1)[CH]=C(c1ccccc1)c1ccccc1. The van der Waals surface area contributed by atoms with Crippen LogP contribution in [0.3, 0.4) is 0 Å². The van der Waals surface area contributed by atoms with Crippen LogP contribution in [-0.4, -0.2) is 18.4 Å². The monoisotopic (exact) mass is 508 g/mol. The molecule has 0 nitrogen and oxygen atoms in total. The second kappa shape index (κ2) is 9.98. The summed E-state index contributed by atoms with van der Waals surface area (Å²) < 4.78 is 5.20. The molecule has 0 aliphatic carbocycles. The average molecular weight is 507 g/mol. The second-order valence-corrected chi connectivity index (χ2v) is 20.4. The van der Waals surface area contributed by atoms with E-state index in [2.05, 4.69) is 139 Å². The fourth-order valence-electron chi connectivity index (χ4n) is 3.92. The van der Waals surface area contributed by atoms with E-state index in [1.165, 1.54) is 33.4 Å². The molecule has 0 saturated heterocycles. The number of hydrogen-bond acceptors (Lipinski definition) is 0. The first-order valence-electron chi connectivity index (χ1n) is 10.8. The molecule has 4 rings (SSSR count). The van der Waals surface area contributed by atoms with Crippen molar-refractivity contribution in [2.24, 2.45) is 0 Å². The van der Waals surface area contributed by atoms with E-state index in [4.69, 9.17) is 0 Å². The average Bonchev–Trinajstić information content (AvgIpc) is 2.83. The normalized spacial score (nSPS) is 10.9. The molecule has 0 fully saturated rings. The van der Waals surface area contributed by atoms with Crippen molar-refractivity contribution in [3.8, 4) is 0 Å². The van der Waals surface area contributed by atoms with Crippen molar-refractivity contribution >= 4 is 29.5 Å². The molecule has 0 aliphatic rings. The maximum absolute atomic E-state index is 2.77. The van der Waals surface area contributed by atoms with Crippen molar-refractivity contribution < 1.29 is 0 Å². The van der Waals surface area contributed by atoms with Crippen molar-refractivity contribution in [2.45, 2.75) is 9.88 Å². The standard InChI is InChI=1S/2C14H11.2CH3.Sn/c2*1-12(13-8-4-2-5-9-13)14-10-6-3-7-11-14;;;/h2*1-11H;2*1H3;. The Morgan fingerprint density at radius 2 is 0.645 bits per heavy atom. The van der Waals surface area contributed by atoms with Gasteiger partial charge in [0, 0.05) is 0 Å². The van der Waals surface area contributed by atoms with Gasteiger partial charge in [-0.05, 0) is 0 Å². The molecule has 31 heavy (non-hydrogen) atoms. The second-order valence-electron chi connectivity index (χ2n) is 8.40. The van der Waals surface area contributed by atoms with E-state index in [0.717, 1.165) is 0 Å². The quantitative estimate of drug-likeness (QED) is 0.232. The van der Waals surface area contributed by atoms with Crippen molar-refractivity contribution in [3.63, 3.8) is 0 Å². The van der Waals surface area contributed by atoms with Gasteiger partial charge in [-0.1, -0.05) is 0 Å². The molecule has 0 N–H and O–H groups in total. The molecule has 0 aromatic heterocycles. The van der Waals surface area contributed by atoms with Gasteiger partial charge in [-0.25, -0.2) is 0 Å². The Kier molecular flexibility index (Phi) is 6.89. The van der Waals surface area contributed by atoms with Crippen LogP contribution in [0.1, 0.15) is 22.3 Å². The van der Waals surface area contributed by atoms with Crippen molar-refractivity contribution in [1.29, 1.82) is 0 Å². The van der Waals surface area contributed by atoms with E-state index >= 15 is 0 Å². The minimum atomic E-state index is -2.77. The molecule has 0 atom stereocenters. The Morgan fingerprint density at radius 1 is 0.419 bits per heavy atom. The molecular weight excluding hydrogens is 479 g/mol. The van der Waals surface area contributed by atoms with E-state index in [1.54, 1.807) is 0 Å². The summed E-state index contributed by atoms with van der Waals surface area (Å²) in [5.41, 5.74) is 7.83. The van der Waals surface area contributed by atoms with Crippen LogP contribution in [0.5, 0.6) is 0 Å². The molecule has 0 spiro atoms. The Morgan fingerprint density at radius 3 is 0.871 bits per heavy atom. The molecule has 4 aromatic carbocycles. The Labute approximate surface area is 190 Å². The predicted molar refractivity (Wildman–Crippen MR) is 137 cm³/mol. The van der Waals surface area contributed by atoms with E-state index in [0.29, 0.717) is 0 Å². The molecule has 4 aromatic rings. The first-order valence-corrected chi connectivity index (χ1v) is 19.8. The summed E-state index contributed by atoms with van der Waals surface area (Å²) in [6.07, 6.45) is 0. The van der Waals surface area contributed by atoms with Gasteiger partial charge in [0.25, 0.3) is 0 Å². The Bertz CT molecular complexity index is 978. The van der Waals surface area contributed by atoms with Crippen LogP contribution in [0.15, 0.2) is 130 Å². The van der Waals surface area contributed by atoms with Gasteiger partial charge in [0.1, 0.15) is 0 Å². The number of benzene rings is 4. The number of rotatable bonds is 6. The molecule has 0 amide bonds. The zero-order chi connectivity index (χ0) is 21.5. The maximum atomic E-state index is 2.60. The van der Waals surface area contributed by atoms with Crippen LogP contribution < -0.4 is 0 Å². The molecule has 1 heteroatoms. The van der Waals surface area contributed by atoms with Gasteiger partial charge < -0.3 is 0 Å². The Hall–Kier alpha value is -2.84. The van der Waals surface area contributed by atoms with Gasteiger partial charge in [-0.3, -0.25) is 0 Å². The van der Waals surface area contributed by atoms with Gasteiger partial charge >= 0.3 is 191 Å². The number of hydrogen-bond donors (Lipinski definition) is 0. The molecule has 0 unspecified atom stereocenters. The van der Waals surface area contributed by atoms with E-state index in [9.17, 15) is 0 Å². The zero-order valence-electron chi connectivity index (χ0n) is 18.2. The van der Waals surface area contributed by atoms with Gasteiger partial charge in [0.15, 0.2) is 0 Å². The molecule has 0 radical (unpaired) electrons. The summed E-state index contributed by atoms with van der Waals surface area (Å²) in [6.45, 7) is 0. The molecule has 152 valence electrons. The summed E-state index contributed by atoms with van der Waals surface area (Å²) in [6, 6.07) is 43.2. The van der Waals surface area contributed by atoms with E-state index < -0.39 is 18.4 Å². The summed E-state index contributed by atoms with van der Waals surface area (Å²) in [5, 5.41) is 0. The van der Waals surface area contributed by atoms with Crippen LogP contribution in [-0.2, 0) is 0 Å². The van der Waals surface area contributed by atoms with Crippen LogP contribution in [0, 0.1) is 0 Å². The van der Waals surface area contributed by atoms with E-state index in [1.807, 2.05) is 0 Å². The first-order chi connectivity index (χ1) is 15.1. The molecule has 0 bridgehead atoms. The van der Waals surface area contributed by atoms with Crippen LogP contribution >= 0.6 is 0 Å². The van der Waals surface area contributed by atoms with Crippen LogP contribution in [0.2, 0.25) is 9.88 Å². The molecular formula is C30H28Sn. The third-order valence-electron chi connectivity index (χ3n) is 5.37. The van der Waals surface area contributed by atoms with Gasteiger partial charge in [0.05, 0.1) is 0 Å². The predicted octanol–water partition coefficient (Wildman–Crippen LogP) is 8.04. The van der Waals surface area contributed by atoms with Crippen molar-refractivity contribution in [1.82, 2.24) is 0 Å². The third-order valence-corrected chi connectivity index (χ3v) is 11.3. The molecule has 0 aliphatic heterocycles. The molecule has 0 heterocycles. The third kappa shape index (κ3) is 5.65. The summed E-state index contributed by atoms with van der Waals surface area (Å²) in [7, 11) is 0. The topological polar surface area (TPSA) is 0 Å². The van der Waals surface area contributed by atoms with Gasteiger partial charge in [-0.2, -0.15) is 0 Å². The first kappa shape index (κ1) is 21.4. The van der Waals surface area contributed by atoms with Gasteiger partial charge in [0.2, 0.25) is 0 Å².